The Balaban J connectivity index is 2.47. The van der Waals surface area contributed by atoms with Crippen LogP contribution in [0.15, 0.2) is 30.6 Å². The van der Waals surface area contributed by atoms with E-state index in [2.05, 4.69) is 9.97 Å². The van der Waals surface area contributed by atoms with Crippen LogP contribution < -0.4 is 0 Å². The van der Waals surface area contributed by atoms with Gasteiger partial charge in [0.15, 0.2) is 5.82 Å². The molecule has 3 nitrogen and oxygen atoms in total. The summed E-state index contributed by atoms with van der Waals surface area (Å²) < 4.78 is 0. The summed E-state index contributed by atoms with van der Waals surface area (Å²) in [5.74, 6) is 0.338. The zero-order valence-electron chi connectivity index (χ0n) is 8.74. The van der Waals surface area contributed by atoms with Crippen LogP contribution in [0.1, 0.15) is 27.3 Å². The number of nitrogens with zero attached hydrogens (tertiary/aromatic N) is 1. The number of hydrogen-bond acceptors (Lipinski definition) is 2. The second-order valence-corrected chi connectivity index (χ2v) is 3.51. The van der Waals surface area contributed by atoms with Crippen molar-refractivity contribution in [2.24, 2.45) is 0 Å². The molecule has 1 aromatic heterocycles. The number of rotatable bonds is 2. The molecule has 1 N–H and O–H groups in total. The van der Waals surface area contributed by atoms with E-state index in [-0.39, 0.29) is 5.78 Å². The summed E-state index contributed by atoms with van der Waals surface area (Å²) in [5, 5.41) is 0. The molecule has 0 radical (unpaired) electrons. The third kappa shape index (κ3) is 1.68. The van der Waals surface area contributed by atoms with E-state index >= 15 is 0 Å². The number of nitrogens with one attached hydrogen (secondary N) is 1. The number of imidazole rings is 1. The summed E-state index contributed by atoms with van der Waals surface area (Å²) in [6.07, 6.45) is 3.23. The number of carbonyl (C=O) groups is 1. The fourth-order valence-corrected chi connectivity index (χ4v) is 1.51. The molecule has 0 aliphatic carbocycles. The van der Waals surface area contributed by atoms with Crippen LogP contribution in [0, 0.1) is 13.8 Å². The Morgan fingerprint density at radius 2 is 2.13 bits per heavy atom. The second kappa shape index (κ2) is 3.69. The lowest BCUT2D eigenvalue weighted by molar-refractivity contribution is 0.102. The highest BCUT2D eigenvalue weighted by Crippen LogP contribution is 2.15. The number of hydrogen-bond donors (Lipinski definition) is 1. The lowest BCUT2D eigenvalue weighted by Crippen LogP contribution is -2.06. The largest absolute Gasteiger partial charge is 0.342 e. The number of ketones is 1. The van der Waals surface area contributed by atoms with Crippen LogP contribution in [0.4, 0.5) is 0 Å². The quantitative estimate of drug-likeness (QED) is 0.756. The average Bonchev–Trinajstić information content (AvgIpc) is 2.74. The summed E-state index contributed by atoms with van der Waals surface area (Å²) in [7, 11) is 0. The Morgan fingerprint density at radius 3 is 2.80 bits per heavy atom. The normalized spacial score (nSPS) is 10.3. The number of carbonyl (C=O) groups excluding carboxylic acids is 1. The van der Waals surface area contributed by atoms with Crippen LogP contribution in [-0.4, -0.2) is 15.8 Å². The van der Waals surface area contributed by atoms with Gasteiger partial charge in [0, 0.05) is 18.0 Å². The summed E-state index contributed by atoms with van der Waals surface area (Å²) in [6, 6.07) is 5.71. The van der Waals surface area contributed by atoms with Crippen LogP contribution in [0.25, 0.3) is 0 Å². The maximum absolute atomic E-state index is 12.0. The van der Waals surface area contributed by atoms with Crippen molar-refractivity contribution in [3.05, 3.63) is 53.1 Å². The van der Waals surface area contributed by atoms with Crippen molar-refractivity contribution in [3.63, 3.8) is 0 Å². The SMILES string of the molecule is Cc1cccc(C(=O)c2ncc[nH]2)c1C. The number of benzene rings is 1. The maximum atomic E-state index is 12.0. The number of H-pyrrole nitrogens is 1. The van der Waals surface area contributed by atoms with Crippen LogP contribution in [0.3, 0.4) is 0 Å². The Bertz CT molecular complexity index is 486. The summed E-state index contributed by atoms with van der Waals surface area (Å²) in [5.41, 5.74) is 2.84. The first-order valence-electron chi connectivity index (χ1n) is 4.80. The van der Waals surface area contributed by atoms with E-state index in [1.54, 1.807) is 12.4 Å². The molecule has 0 amide bonds. The zero-order chi connectivity index (χ0) is 10.8. The smallest absolute Gasteiger partial charge is 0.228 e. The highest BCUT2D eigenvalue weighted by atomic mass is 16.1. The third-order valence-electron chi connectivity index (χ3n) is 2.56. The van der Waals surface area contributed by atoms with Gasteiger partial charge < -0.3 is 4.98 Å². The van der Waals surface area contributed by atoms with Crippen LogP contribution in [0.2, 0.25) is 0 Å². The van der Waals surface area contributed by atoms with Gasteiger partial charge in [0.1, 0.15) is 0 Å². The van der Waals surface area contributed by atoms with E-state index in [1.165, 1.54) is 0 Å². The van der Waals surface area contributed by atoms with Gasteiger partial charge in [-0.3, -0.25) is 4.79 Å². The lowest BCUT2D eigenvalue weighted by Gasteiger charge is -2.05. The average molecular weight is 200 g/mol. The molecule has 2 aromatic rings. The van der Waals surface area contributed by atoms with Gasteiger partial charge in [-0.25, -0.2) is 4.98 Å². The Labute approximate surface area is 88.2 Å². The monoisotopic (exact) mass is 200 g/mol. The topological polar surface area (TPSA) is 45.8 Å². The van der Waals surface area contributed by atoms with Gasteiger partial charge in [-0.15, -0.1) is 0 Å². The van der Waals surface area contributed by atoms with E-state index < -0.39 is 0 Å². The van der Waals surface area contributed by atoms with Crippen LogP contribution in [-0.2, 0) is 0 Å². The molecule has 76 valence electrons. The fraction of sp³-hybridized carbons (Fsp3) is 0.167. The first-order chi connectivity index (χ1) is 7.20. The van der Waals surface area contributed by atoms with Crippen molar-refractivity contribution in [1.82, 2.24) is 9.97 Å². The number of aryl methyl sites for hydroxylation is 1. The molecule has 0 fully saturated rings. The van der Waals surface area contributed by atoms with Gasteiger partial charge in [0.05, 0.1) is 0 Å². The predicted octanol–water partition coefficient (Wildman–Crippen LogP) is 2.26. The maximum Gasteiger partial charge on any atom is 0.228 e. The molecular formula is C12H12N2O. The minimum Gasteiger partial charge on any atom is -0.342 e. The third-order valence-corrected chi connectivity index (χ3v) is 2.56. The molecular weight excluding hydrogens is 188 g/mol. The van der Waals surface area contributed by atoms with Crippen LogP contribution >= 0.6 is 0 Å². The molecule has 2 rings (SSSR count). The first kappa shape index (κ1) is 9.65. The molecule has 0 aliphatic heterocycles. The highest BCUT2D eigenvalue weighted by Gasteiger charge is 2.13. The zero-order valence-corrected chi connectivity index (χ0v) is 8.74. The second-order valence-electron chi connectivity index (χ2n) is 3.51. The van der Waals surface area contributed by atoms with Crippen molar-refractivity contribution >= 4 is 5.78 Å². The van der Waals surface area contributed by atoms with Gasteiger partial charge in [0.2, 0.25) is 5.78 Å². The first-order valence-corrected chi connectivity index (χ1v) is 4.80. The Hall–Kier alpha value is -1.90. The molecule has 0 spiro atoms. The molecule has 0 atom stereocenters. The summed E-state index contributed by atoms with van der Waals surface area (Å²) in [6.45, 7) is 3.94. The number of aromatic amines is 1. The predicted molar refractivity (Wildman–Crippen MR) is 57.9 cm³/mol. The van der Waals surface area contributed by atoms with Crippen molar-refractivity contribution in [2.45, 2.75) is 13.8 Å². The molecule has 15 heavy (non-hydrogen) atoms. The molecule has 0 saturated heterocycles. The summed E-state index contributed by atoms with van der Waals surface area (Å²) >= 11 is 0. The van der Waals surface area contributed by atoms with Gasteiger partial charge in [-0.1, -0.05) is 18.2 Å². The molecule has 0 bridgehead atoms. The Morgan fingerprint density at radius 1 is 1.33 bits per heavy atom. The molecule has 3 heteroatoms. The van der Waals surface area contributed by atoms with Crippen LogP contribution in [0.5, 0.6) is 0 Å². The van der Waals surface area contributed by atoms with E-state index in [0.717, 1.165) is 11.1 Å². The van der Waals surface area contributed by atoms with Crippen molar-refractivity contribution in [2.75, 3.05) is 0 Å². The fourth-order valence-electron chi connectivity index (χ4n) is 1.51. The van der Waals surface area contributed by atoms with E-state index in [0.29, 0.717) is 11.4 Å². The van der Waals surface area contributed by atoms with Gasteiger partial charge in [-0.2, -0.15) is 0 Å². The van der Waals surface area contributed by atoms with E-state index in [1.807, 2.05) is 32.0 Å². The minimum atomic E-state index is -0.0544. The van der Waals surface area contributed by atoms with Crippen molar-refractivity contribution in [3.8, 4) is 0 Å². The van der Waals surface area contributed by atoms with E-state index in [4.69, 9.17) is 0 Å². The standard InChI is InChI=1S/C12H12N2O/c1-8-4-3-5-10(9(8)2)11(15)12-13-6-7-14-12/h3-7H,1-2H3,(H,13,14). The number of aromatic nitrogens is 2. The van der Waals surface area contributed by atoms with E-state index in [9.17, 15) is 4.79 Å². The Kier molecular flexibility index (Phi) is 2.37. The van der Waals surface area contributed by atoms with Crippen molar-refractivity contribution in [1.29, 1.82) is 0 Å². The lowest BCUT2D eigenvalue weighted by atomic mass is 10.00. The summed E-state index contributed by atoms with van der Waals surface area (Å²) in [4.78, 5) is 18.8. The molecule has 0 saturated carbocycles. The molecule has 0 aliphatic rings. The minimum absolute atomic E-state index is 0.0544. The van der Waals surface area contributed by atoms with Gasteiger partial charge in [-0.05, 0) is 25.0 Å². The molecule has 1 heterocycles. The van der Waals surface area contributed by atoms with Crippen molar-refractivity contribution < 1.29 is 4.79 Å². The molecule has 1 aromatic carbocycles. The van der Waals surface area contributed by atoms with Gasteiger partial charge in [0.25, 0.3) is 0 Å². The molecule has 0 unspecified atom stereocenters. The highest BCUT2D eigenvalue weighted by molar-refractivity contribution is 6.07. The van der Waals surface area contributed by atoms with Gasteiger partial charge >= 0.3 is 0 Å².